The van der Waals surface area contributed by atoms with Crippen LogP contribution in [0.3, 0.4) is 0 Å². The summed E-state index contributed by atoms with van der Waals surface area (Å²) in [5.41, 5.74) is 2.29. The van der Waals surface area contributed by atoms with E-state index < -0.39 is 0 Å². The van der Waals surface area contributed by atoms with Crippen molar-refractivity contribution in [2.24, 2.45) is 0 Å². The van der Waals surface area contributed by atoms with Crippen LogP contribution in [0.5, 0.6) is 11.5 Å². The van der Waals surface area contributed by atoms with Gasteiger partial charge in [0.05, 0.1) is 18.2 Å². The summed E-state index contributed by atoms with van der Waals surface area (Å²) >= 11 is 6.24. The zero-order chi connectivity index (χ0) is 18.7. The molecule has 6 nitrogen and oxygen atoms in total. The Balaban J connectivity index is 1.83. The first-order chi connectivity index (χ1) is 12.5. The lowest BCUT2D eigenvalue weighted by Crippen LogP contribution is -2.18. The minimum Gasteiger partial charge on any atom is -0.489 e. The first-order valence-electron chi connectivity index (χ1n) is 8.23. The standard InChI is InChI=1S/C19H19ClN2O4/c1-11-8-12(18(23)21-2)4-5-15(11)22-19(24)13-9-14(20)17-16(10-13)25-6-3-7-26-17/h4-5,8-10H,3,6-7H2,1-2H3,(H,21,23)(H,22,24). The van der Waals surface area contributed by atoms with Crippen LogP contribution in [-0.4, -0.2) is 32.1 Å². The van der Waals surface area contributed by atoms with Crippen molar-refractivity contribution < 1.29 is 19.1 Å². The van der Waals surface area contributed by atoms with E-state index in [1.807, 2.05) is 6.92 Å². The number of hydrogen-bond acceptors (Lipinski definition) is 4. The van der Waals surface area contributed by atoms with Gasteiger partial charge in [0, 0.05) is 30.3 Å². The van der Waals surface area contributed by atoms with Crippen molar-refractivity contribution in [2.75, 3.05) is 25.6 Å². The van der Waals surface area contributed by atoms with Gasteiger partial charge in [-0.3, -0.25) is 9.59 Å². The van der Waals surface area contributed by atoms with E-state index in [1.165, 1.54) is 0 Å². The fraction of sp³-hybridized carbons (Fsp3) is 0.263. The minimum atomic E-state index is -0.321. The fourth-order valence-corrected chi connectivity index (χ4v) is 2.91. The van der Waals surface area contributed by atoms with Crippen LogP contribution in [0, 0.1) is 6.92 Å². The summed E-state index contributed by atoms with van der Waals surface area (Å²) in [6.45, 7) is 2.85. The molecule has 0 fully saturated rings. The third-order valence-corrected chi connectivity index (χ3v) is 4.31. The van der Waals surface area contributed by atoms with Crippen molar-refractivity contribution in [2.45, 2.75) is 13.3 Å². The topological polar surface area (TPSA) is 76.7 Å². The smallest absolute Gasteiger partial charge is 0.255 e. The van der Waals surface area contributed by atoms with E-state index in [2.05, 4.69) is 10.6 Å². The van der Waals surface area contributed by atoms with Gasteiger partial charge in [0.1, 0.15) is 0 Å². The Morgan fingerprint density at radius 3 is 2.54 bits per heavy atom. The number of aryl methyl sites for hydroxylation is 1. The second-order valence-electron chi connectivity index (χ2n) is 5.90. The highest BCUT2D eigenvalue weighted by molar-refractivity contribution is 6.32. The molecular formula is C19H19ClN2O4. The van der Waals surface area contributed by atoms with Crippen molar-refractivity contribution in [1.29, 1.82) is 0 Å². The van der Waals surface area contributed by atoms with Crippen LogP contribution in [0.25, 0.3) is 0 Å². The number of carbonyl (C=O) groups excluding carboxylic acids is 2. The molecule has 2 amide bonds. The van der Waals surface area contributed by atoms with Crippen LogP contribution >= 0.6 is 11.6 Å². The van der Waals surface area contributed by atoms with Gasteiger partial charge in [0.2, 0.25) is 0 Å². The van der Waals surface area contributed by atoms with Gasteiger partial charge in [-0.05, 0) is 42.8 Å². The number of nitrogens with one attached hydrogen (secondary N) is 2. The molecule has 136 valence electrons. The molecule has 0 spiro atoms. The van der Waals surface area contributed by atoms with Crippen LogP contribution in [0.1, 0.15) is 32.7 Å². The normalized spacial score (nSPS) is 12.9. The summed E-state index contributed by atoms with van der Waals surface area (Å²) in [4.78, 5) is 24.3. The number of benzene rings is 2. The number of anilines is 1. The Morgan fingerprint density at radius 2 is 1.81 bits per heavy atom. The highest BCUT2D eigenvalue weighted by Gasteiger charge is 2.19. The Bertz CT molecular complexity index is 867. The van der Waals surface area contributed by atoms with Gasteiger partial charge in [-0.1, -0.05) is 11.6 Å². The summed E-state index contributed by atoms with van der Waals surface area (Å²) in [5, 5.41) is 5.74. The molecule has 0 saturated heterocycles. The highest BCUT2D eigenvalue weighted by atomic mass is 35.5. The number of rotatable bonds is 3. The van der Waals surface area contributed by atoms with E-state index in [0.717, 1.165) is 12.0 Å². The fourth-order valence-electron chi connectivity index (χ4n) is 2.65. The molecule has 2 aromatic carbocycles. The average Bonchev–Trinajstić information content (AvgIpc) is 2.88. The zero-order valence-electron chi connectivity index (χ0n) is 14.5. The molecule has 3 rings (SSSR count). The quantitative estimate of drug-likeness (QED) is 0.863. The number of amides is 2. The second kappa shape index (κ2) is 7.66. The Kier molecular flexibility index (Phi) is 5.32. The molecule has 0 bridgehead atoms. The van der Waals surface area contributed by atoms with E-state index in [0.29, 0.717) is 46.5 Å². The summed E-state index contributed by atoms with van der Waals surface area (Å²) in [6.07, 6.45) is 0.753. The Labute approximate surface area is 156 Å². The highest BCUT2D eigenvalue weighted by Crippen LogP contribution is 2.38. The molecule has 1 heterocycles. The molecule has 1 aliphatic rings. The molecule has 0 atom stereocenters. The van der Waals surface area contributed by atoms with Gasteiger partial charge in [-0.25, -0.2) is 0 Å². The maximum absolute atomic E-state index is 12.6. The minimum absolute atomic E-state index is 0.180. The molecule has 2 N–H and O–H groups in total. The number of hydrogen-bond donors (Lipinski definition) is 2. The van der Waals surface area contributed by atoms with Crippen molar-refractivity contribution in [1.82, 2.24) is 5.32 Å². The molecule has 0 unspecified atom stereocenters. The van der Waals surface area contributed by atoms with Gasteiger partial charge < -0.3 is 20.1 Å². The molecule has 1 aliphatic heterocycles. The summed E-state index contributed by atoms with van der Waals surface area (Å²) < 4.78 is 11.2. The monoisotopic (exact) mass is 374 g/mol. The largest absolute Gasteiger partial charge is 0.489 e. The number of ether oxygens (including phenoxy) is 2. The average molecular weight is 375 g/mol. The molecule has 0 aliphatic carbocycles. The maximum atomic E-state index is 12.6. The van der Waals surface area contributed by atoms with Gasteiger partial charge in [-0.2, -0.15) is 0 Å². The summed E-state index contributed by atoms with van der Waals surface area (Å²) in [7, 11) is 1.57. The molecule has 0 saturated carbocycles. The van der Waals surface area contributed by atoms with Crippen molar-refractivity contribution in [3.63, 3.8) is 0 Å². The second-order valence-corrected chi connectivity index (χ2v) is 6.31. The SMILES string of the molecule is CNC(=O)c1ccc(NC(=O)c2cc(Cl)c3c(c2)OCCCO3)c(C)c1. The first kappa shape index (κ1) is 18.1. The van der Waals surface area contributed by atoms with Gasteiger partial charge >= 0.3 is 0 Å². The third-order valence-electron chi connectivity index (χ3n) is 4.03. The Hall–Kier alpha value is -2.73. The van der Waals surface area contributed by atoms with Gasteiger partial charge in [0.25, 0.3) is 11.8 Å². The summed E-state index contributed by atoms with van der Waals surface area (Å²) in [5.74, 6) is 0.428. The first-order valence-corrected chi connectivity index (χ1v) is 8.60. The van der Waals surface area contributed by atoms with Crippen LogP contribution in [0.4, 0.5) is 5.69 Å². The Morgan fingerprint density at radius 1 is 1.04 bits per heavy atom. The van der Waals surface area contributed by atoms with E-state index in [-0.39, 0.29) is 11.8 Å². The molecule has 26 heavy (non-hydrogen) atoms. The number of fused-ring (bicyclic) bond motifs is 1. The van der Waals surface area contributed by atoms with E-state index in [1.54, 1.807) is 37.4 Å². The lowest BCUT2D eigenvalue weighted by molar-refractivity contribution is 0.0962. The molecule has 2 aromatic rings. The van der Waals surface area contributed by atoms with Crippen molar-refractivity contribution >= 4 is 29.1 Å². The van der Waals surface area contributed by atoms with Crippen LogP contribution in [-0.2, 0) is 0 Å². The predicted octanol–water partition coefficient (Wildman–Crippen LogP) is 3.42. The van der Waals surface area contributed by atoms with Crippen LogP contribution in [0.2, 0.25) is 5.02 Å². The number of halogens is 1. The van der Waals surface area contributed by atoms with E-state index in [4.69, 9.17) is 21.1 Å². The van der Waals surface area contributed by atoms with Crippen molar-refractivity contribution in [3.8, 4) is 11.5 Å². The van der Waals surface area contributed by atoms with Crippen molar-refractivity contribution in [3.05, 3.63) is 52.0 Å². The third kappa shape index (κ3) is 3.75. The van der Waals surface area contributed by atoms with Crippen LogP contribution < -0.4 is 20.1 Å². The molecular weight excluding hydrogens is 356 g/mol. The zero-order valence-corrected chi connectivity index (χ0v) is 15.3. The molecule has 0 aromatic heterocycles. The number of carbonyl (C=O) groups is 2. The van der Waals surface area contributed by atoms with E-state index in [9.17, 15) is 9.59 Å². The lowest BCUT2D eigenvalue weighted by Gasteiger charge is -2.13. The van der Waals surface area contributed by atoms with Gasteiger partial charge in [-0.15, -0.1) is 0 Å². The molecule has 0 radical (unpaired) electrons. The van der Waals surface area contributed by atoms with Crippen LogP contribution in [0.15, 0.2) is 30.3 Å². The predicted molar refractivity (Wildman–Crippen MR) is 99.6 cm³/mol. The van der Waals surface area contributed by atoms with Gasteiger partial charge in [0.15, 0.2) is 11.5 Å². The molecule has 7 heteroatoms. The summed E-state index contributed by atoms with van der Waals surface area (Å²) in [6, 6.07) is 8.25. The lowest BCUT2D eigenvalue weighted by atomic mass is 10.1. The van der Waals surface area contributed by atoms with E-state index >= 15 is 0 Å². The maximum Gasteiger partial charge on any atom is 0.255 e.